The Balaban J connectivity index is 1.58. The number of thiazole rings is 1. The number of nitrogens with zero attached hydrogens (tertiary/aromatic N) is 1. The lowest BCUT2D eigenvalue weighted by atomic mass is 10.2. The van der Waals surface area contributed by atoms with Crippen LogP contribution in [0.15, 0.2) is 60.0 Å². The number of aromatic nitrogens is 1. The second-order valence-electron chi connectivity index (χ2n) is 5.47. The van der Waals surface area contributed by atoms with Crippen molar-refractivity contribution < 1.29 is 9.53 Å². The molecule has 1 aromatic heterocycles. The van der Waals surface area contributed by atoms with Gasteiger partial charge in [0.2, 0.25) is 0 Å². The van der Waals surface area contributed by atoms with E-state index in [0.29, 0.717) is 5.02 Å². The number of benzene rings is 2. The Labute approximate surface area is 155 Å². The van der Waals surface area contributed by atoms with Gasteiger partial charge >= 0.3 is 5.97 Å². The van der Waals surface area contributed by atoms with Crippen molar-refractivity contribution in [3.63, 3.8) is 0 Å². The maximum atomic E-state index is 11.8. The molecule has 0 atom stereocenters. The van der Waals surface area contributed by atoms with E-state index >= 15 is 0 Å². The van der Waals surface area contributed by atoms with Crippen LogP contribution < -0.4 is 0 Å². The maximum absolute atomic E-state index is 11.8. The van der Waals surface area contributed by atoms with Crippen LogP contribution in [0.4, 0.5) is 0 Å². The molecule has 0 fully saturated rings. The molecular formula is C20H16ClNO2S. The Morgan fingerprint density at radius 3 is 2.72 bits per heavy atom. The molecule has 0 radical (unpaired) electrons. The van der Waals surface area contributed by atoms with Crippen LogP contribution in [0.3, 0.4) is 0 Å². The zero-order valence-corrected chi connectivity index (χ0v) is 15.2. The molecule has 0 spiro atoms. The molecule has 0 saturated heterocycles. The first kappa shape index (κ1) is 17.4. The molecule has 0 unspecified atom stereocenters. The van der Waals surface area contributed by atoms with Gasteiger partial charge in [0.15, 0.2) is 0 Å². The molecule has 1 heterocycles. The summed E-state index contributed by atoms with van der Waals surface area (Å²) in [5.41, 5.74) is 3.78. The van der Waals surface area contributed by atoms with Gasteiger partial charge < -0.3 is 4.74 Å². The molecular weight excluding hydrogens is 354 g/mol. The minimum atomic E-state index is -0.426. The summed E-state index contributed by atoms with van der Waals surface area (Å²) in [5, 5.41) is 3.41. The summed E-state index contributed by atoms with van der Waals surface area (Å²) in [5.74, 6) is -0.426. The van der Waals surface area contributed by atoms with Crippen LogP contribution in [0, 0.1) is 6.92 Å². The lowest BCUT2D eigenvalue weighted by Gasteiger charge is -2.00. The van der Waals surface area contributed by atoms with E-state index in [4.69, 9.17) is 16.3 Å². The quantitative estimate of drug-likeness (QED) is 0.438. The molecule has 0 saturated carbocycles. The molecule has 2 aromatic carbocycles. The van der Waals surface area contributed by atoms with Crippen molar-refractivity contribution in [2.45, 2.75) is 13.5 Å². The molecule has 0 amide bonds. The summed E-state index contributed by atoms with van der Waals surface area (Å²) in [4.78, 5) is 16.3. The molecule has 3 rings (SSSR count). The molecule has 126 valence electrons. The number of halogens is 1. The molecule has 0 aliphatic heterocycles. The minimum Gasteiger partial charge on any atom is -0.456 e. The number of rotatable bonds is 5. The zero-order valence-electron chi connectivity index (χ0n) is 13.6. The topological polar surface area (TPSA) is 39.2 Å². The van der Waals surface area contributed by atoms with Crippen LogP contribution in [0.1, 0.15) is 16.8 Å². The first-order valence-electron chi connectivity index (χ1n) is 7.72. The fraction of sp³-hybridized carbons (Fsp3) is 0.100. The SMILES string of the molecule is Cc1ccc(-c2nc(COC(=O)/C=C/c3ccccc3Cl)cs2)cc1. The molecule has 0 bridgehead atoms. The van der Waals surface area contributed by atoms with Crippen molar-refractivity contribution >= 4 is 35.0 Å². The van der Waals surface area contributed by atoms with Crippen molar-refractivity contribution in [2.24, 2.45) is 0 Å². The second-order valence-corrected chi connectivity index (χ2v) is 6.74. The van der Waals surface area contributed by atoms with Gasteiger partial charge in [-0.1, -0.05) is 59.6 Å². The van der Waals surface area contributed by atoms with E-state index in [9.17, 15) is 4.79 Å². The molecule has 0 aliphatic rings. The van der Waals surface area contributed by atoms with Gasteiger partial charge in [0.1, 0.15) is 11.6 Å². The molecule has 3 nitrogen and oxygen atoms in total. The third-order valence-electron chi connectivity index (χ3n) is 3.52. The highest BCUT2D eigenvalue weighted by atomic mass is 35.5. The van der Waals surface area contributed by atoms with E-state index in [1.54, 1.807) is 12.1 Å². The molecule has 25 heavy (non-hydrogen) atoms. The van der Waals surface area contributed by atoms with Gasteiger partial charge in [-0.05, 0) is 24.6 Å². The van der Waals surface area contributed by atoms with Gasteiger partial charge in [-0.3, -0.25) is 0 Å². The molecule has 0 N–H and O–H groups in total. The summed E-state index contributed by atoms with van der Waals surface area (Å²) in [6.07, 6.45) is 3.01. The number of ether oxygens (including phenoxy) is 1. The van der Waals surface area contributed by atoms with Gasteiger partial charge in [0.25, 0.3) is 0 Å². The second kappa shape index (κ2) is 8.10. The molecule has 3 aromatic rings. The van der Waals surface area contributed by atoms with E-state index in [1.807, 2.05) is 42.6 Å². The summed E-state index contributed by atoms with van der Waals surface area (Å²) < 4.78 is 5.23. The van der Waals surface area contributed by atoms with Crippen LogP contribution in [0.5, 0.6) is 0 Å². The number of carbonyl (C=O) groups excluding carboxylic acids is 1. The fourth-order valence-electron chi connectivity index (χ4n) is 2.16. The van der Waals surface area contributed by atoms with Crippen LogP contribution in [0.2, 0.25) is 5.02 Å². The number of carbonyl (C=O) groups is 1. The van der Waals surface area contributed by atoms with Crippen molar-refractivity contribution in [1.29, 1.82) is 0 Å². The average Bonchev–Trinajstić information content (AvgIpc) is 3.09. The maximum Gasteiger partial charge on any atom is 0.331 e. The van der Waals surface area contributed by atoms with E-state index < -0.39 is 5.97 Å². The van der Waals surface area contributed by atoms with Gasteiger partial charge in [-0.15, -0.1) is 11.3 Å². The predicted octanol–water partition coefficient (Wildman–Crippen LogP) is 5.53. The van der Waals surface area contributed by atoms with Crippen LogP contribution in [0.25, 0.3) is 16.6 Å². The van der Waals surface area contributed by atoms with E-state index in [-0.39, 0.29) is 6.61 Å². The van der Waals surface area contributed by atoms with Gasteiger partial charge in [-0.25, -0.2) is 9.78 Å². The predicted molar refractivity (Wildman–Crippen MR) is 103 cm³/mol. The Bertz CT molecular complexity index is 900. The van der Waals surface area contributed by atoms with Crippen molar-refractivity contribution in [1.82, 2.24) is 4.98 Å². The normalized spacial score (nSPS) is 11.0. The molecule has 0 aliphatic carbocycles. The lowest BCUT2D eigenvalue weighted by Crippen LogP contribution is -2.01. The third kappa shape index (κ3) is 4.78. The van der Waals surface area contributed by atoms with E-state index in [1.165, 1.54) is 23.0 Å². The Morgan fingerprint density at radius 1 is 1.20 bits per heavy atom. The minimum absolute atomic E-state index is 0.147. The number of hydrogen-bond acceptors (Lipinski definition) is 4. The Morgan fingerprint density at radius 2 is 1.96 bits per heavy atom. The lowest BCUT2D eigenvalue weighted by molar-refractivity contribution is -0.139. The van der Waals surface area contributed by atoms with Crippen molar-refractivity contribution in [2.75, 3.05) is 0 Å². The fourth-order valence-corrected chi connectivity index (χ4v) is 3.17. The Hall–Kier alpha value is -2.43. The van der Waals surface area contributed by atoms with E-state index in [0.717, 1.165) is 21.8 Å². The van der Waals surface area contributed by atoms with Crippen LogP contribution >= 0.6 is 22.9 Å². The van der Waals surface area contributed by atoms with Crippen molar-refractivity contribution in [3.05, 3.63) is 81.8 Å². The van der Waals surface area contributed by atoms with Gasteiger partial charge in [0.05, 0.1) is 5.69 Å². The monoisotopic (exact) mass is 369 g/mol. The summed E-state index contributed by atoms with van der Waals surface area (Å²) in [7, 11) is 0. The third-order valence-corrected chi connectivity index (χ3v) is 4.80. The summed E-state index contributed by atoms with van der Waals surface area (Å²) in [6.45, 7) is 2.20. The molecule has 5 heteroatoms. The highest BCUT2D eigenvalue weighted by molar-refractivity contribution is 7.13. The standard InChI is InChI=1S/C20H16ClNO2S/c1-14-6-8-16(9-7-14)20-22-17(13-25-20)12-24-19(23)11-10-15-4-2-3-5-18(15)21/h2-11,13H,12H2,1H3/b11-10+. The van der Waals surface area contributed by atoms with E-state index in [2.05, 4.69) is 17.1 Å². The first-order chi connectivity index (χ1) is 12.1. The number of esters is 1. The van der Waals surface area contributed by atoms with Gasteiger partial charge in [0, 0.05) is 22.0 Å². The average molecular weight is 370 g/mol. The zero-order chi connectivity index (χ0) is 17.6. The largest absolute Gasteiger partial charge is 0.456 e. The van der Waals surface area contributed by atoms with Crippen LogP contribution in [-0.4, -0.2) is 11.0 Å². The number of aryl methyl sites for hydroxylation is 1. The first-order valence-corrected chi connectivity index (χ1v) is 8.98. The Kier molecular flexibility index (Phi) is 5.64. The highest BCUT2D eigenvalue weighted by Crippen LogP contribution is 2.24. The van der Waals surface area contributed by atoms with Crippen molar-refractivity contribution in [3.8, 4) is 10.6 Å². The highest BCUT2D eigenvalue weighted by Gasteiger charge is 2.06. The number of hydrogen-bond donors (Lipinski definition) is 0. The van der Waals surface area contributed by atoms with Gasteiger partial charge in [-0.2, -0.15) is 0 Å². The summed E-state index contributed by atoms with van der Waals surface area (Å²) >= 11 is 7.57. The summed E-state index contributed by atoms with van der Waals surface area (Å²) in [6, 6.07) is 15.5. The van der Waals surface area contributed by atoms with Crippen LogP contribution in [-0.2, 0) is 16.1 Å². The smallest absolute Gasteiger partial charge is 0.331 e.